The lowest BCUT2D eigenvalue weighted by Gasteiger charge is -2.07. The highest BCUT2D eigenvalue weighted by Gasteiger charge is 2.07. The summed E-state index contributed by atoms with van der Waals surface area (Å²) in [7, 11) is 3.32. The van der Waals surface area contributed by atoms with E-state index in [4.69, 9.17) is 9.47 Å². The van der Waals surface area contributed by atoms with E-state index in [-0.39, 0.29) is 0 Å². The van der Waals surface area contributed by atoms with Crippen LogP contribution in [-0.2, 0) is 0 Å². The summed E-state index contributed by atoms with van der Waals surface area (Å²) >= 11 is 7.26. The zero-order valence-electron chi connectivity index (χ0n) is 11.2. The molecule has 0 aliphatic heterocycles. The second-order valence-corrected chi connectivity index (χ2v) is 5.67. The van der Waals surface area contributed by atoms with Crippen LogP contribution in [0, 0.1) is 0 Å². The van der Waals surface area contributed by atoms with Crippen molar-refractivity contribution in [3.8, 4) is 11.5 Å². The van der Waals surface area contributed by atoms with Gasteiger partial charge in [0.15, 0.2) is 0 Å². The van der Waals surface area contributed by atoms with Crippen LogP contribution in [0.2, 0.25) is 0 Å². The fourth-order valence-corrected chi connectivity index (χ4v) is 2.71. The Morgan fingerprint density at radius 1 is 0.650 bits per heavy atom. The molecule has 0 aromatic heterocycles. The highest BCUT2D eigenvalue weighted by atomic mass is 79.9. The molecular weight excluding hydrogens is 384 g/mol. The fraction of sp³-hybridized carbons (Fsp3) is 0.125. The molecule has 0 fully saturated rings. The molecule has 0 unspecified atom stereocenters. The largest absolute Gasteiger partial charge is 0.497 e. The van der Waals surface area contributed by atoms with Crippen molar-refractivity contribution in [3.63, 3.8) is 0 Å². The summed E-state index contributed by atoms with van der Waals surface area (Å²) in [6.07, 6.45) is 0. The van der Waals surface area contributed by atoms with Gasteiger partial charge in [-0.1, -0.05) is 24.3 Å². The zero-order chi connectivity index (χ0) is 14.5. The van der Waals surface area contributed by atoms with E-state index in [1.165, 1.54) is 0 Å². The van der Waals surface area contributed by atoms with Gasteiger partial charge in [0.2, 0.25) is 0 Å². The number of hydrogen-bond acceptors (Lipinski definition) is 2. The van der Waals surface area contributed by atoms with Crippen LogP contribution in [-0.4, -0.2) is 14.2 Å². The third kappa shape index (κ3) is 3.44. The molecule has 2 aromatic carbocycles. The van der Waals surface area contributed by atoms with E-state index in [1.807, 2.05) is 48.5 Å². The Hall–Kier alpha value is -1.26. The van der Waals surface area contributed by atoms with Crippen molar-refractivity contribution >= 4 is 40.8 Å². The standard InChI is InChI=1S/C16H14Br2O2/c1-19-13-7-3-11(4-8-13)15(17)16(18)12-5-9-14(20-2)10-6-12/h3-10H,1-2H3/b16-15+. The molecule has 0 amide bonds. The zero-order valence-corrected chi connectivity index (χ0v) is 14.4. The van der Waals surface area contributed by atoms with Crippen LogP contribution in [0.4, 0.5) is 0 Å². The van der Waals surface area contributed by atoms with Gasteiger partial charge in [-0.05, 0) is 67.3 Å². The Morgan fingerprint density at radius 3 is 1.20 bits per heavy atom. The van der Waals surface area contributed by atoms with Crippen molar-refractivity contribution in [3.05, 3.63) is 59.7 Å². The second kappa shape index (κ2) is 6.95. The van der Waals surface area contributed by atoms with Crippen LogP contribution in [0.5, 0.6) is 11.5 Å². The lowest BCUT2D eigenvalue weighted by molar-refractivity contribution is 0.414. The number of hydrogen-bond donors (Lipinski definition) is 0. The molecule has 0 N–H and O–H groups in total. The Labute approximate surface area is 135 Å². The van der Waals surface area contributed by atoms with E-state index < -0.39 is 0 Å². The summed E-state index contributed by atoms with van der Waals surface area (Å²) in [5.41, 5.74) is 2.15. The smallest absolute Gasteiger partial charge is 0.118 e. The minimum atomic E-state index is 0.842. The summed E-state index contributed by atoms with van der Waals surface area (Å²) in [5.74, 6) is 1.68. The number of methoxy groups -OCH3 is 2. The van der Waals surface area contributed by atoms with Gasteiger partial charge in [-0.25, -0.2) is 0 Å². The molecule has 0 saturated heterocycles. The molecule has 4 heteroatoms. The monoisotopic (exact) mass is 396 g/mol. The maximum atomic E-state index is 5.16. The summed E-state index contributed by atoms with van der Waals surface area (Å²) in [5, 5.41) is 0. The molecule has 20 heavy (non-hydrogen) atoms. The van der Waals surface area contributed by atoms with Gasteiger partial charge in [-0.2, -0.15) is 0 Å². The molecule has 0 atom stereocenters. The third-order valence-electron chi connectivity index (χ3n) is 2.88. The summed E-state index contributed by atoms with van der Waals surface area (Å²) in [6.45, 7) is 0. The predicted octanol–water partition coefficient (Wildman–Crippen LogP) is 5.32. The maximum Gasteiger partial charge on any atom is 0.118 e. The predicted molar refractivity (Wildman–Crippen MR) is 90.7 cm³/mol. The highest BCUT2D eigenvalue weighted by molar-refractivity contribution is 9.18. The van der Waals surface area contributed by atoms with Crippen molar-refractivity contribution in [2.75, 3.05) is 14.2 Å². The van der Waals surface area contributed by atoms with Crippen LogP contribution < -0.4 is 9.47 Å². The van der Waals surface area contributed by atoms with Crippen LogP contribution in [0.3, 0.4) is 0 Å². The van der Waals surface area contributed by atoms with Gasteiger partial charge in [0.25, 0.3) is 0 Å². The number of ether oxygens (including phenoxy) is 2. The van der Waals surface area contributed by atoms with Gasteiger partial charge < -0.3 is 9.47 Å². The normalized spacial score (nSPS) is 11.8. The average molecular weight is 398 g/mol. The first-order chi connectivity index (χ1) is 9.65. The van der Waals surface area contributed by atoms with E-state index in [0.717, 1.165) is 31.6 Å². The molecule has 2 rings (SSSR count). The lowest BCUT2D eigenvalue weighted by atomic mass is 10.1. The molecular formula is C16H14Br2O2. The van der Waals surface area contributed by atoms with E-state index >= 15 is 0 Å². The minimum Gasteiger partial charge on any atom is -0.497 e. The first-order valence-electron chi connectivity index (χ1n) is 6.00. The van der Waals surface area contributed by atoms with E-state index in [1.54, 1.807) is 14.2 Å². The number of benzene rings is 2. The van der Waals surface area contributed by atoms with E-state index in [0.29, 0.717) is 0 Å². The van der Waals surface area contributed by atoms with Crippen LogP contribution in [0.25, 0.3) is 8.96 Å². The van der Waals surface area contributed by atoms with Gasteiger partial charge in [0.05, 0.1) is 14.2 Å². The Bertz CT molecular complexity index is 546. The molecule has 0 saturated carbocycles. The second-order valence-electron chi connectivity index (χ2n) is 4.08. The van der Waals surface area contributed by atoms with E-state index in [2.05, 4.69) is 31.9 Å². The van der Waals surface area contributed by atoms with Crippen molar-refractivity contribution in [1.29, 1.82) is 0 Å². The fourth-order valence-electron chi connectivity index (χ4n) is 1.73. The maximum absolute atomic E-state index is 5.16. The van der Waals surface area contributed by atoms with Gasteiger partial charge >= 0.3 is 0 Å². The molecule has 2 nitrogen and oxygen atoms in total. The van der Waals surface area contributed by atoms with Crippen molar-refractivity contribution in [2.24, 2.45) is 0 Å². The van der Waals surface area contributed by atoms with Crippen molar-refractivity contribution < 1.29 is 9.47 Å². The quantitative estimate of drug-likeness (QED) is 0.650. The SMILES string of the molecule is COc1ccc(/C(Br)=C(\Br)c2ccc(OC)cc2)cc1. The van der Waals surface area contributed by atoms with Gasteiger partial charge in [0, 0.05) is 8.96 Å². The summed E-state index contributed by atoms with van der Waals surface area (Å²) < 4.78 is 12.3. The minimum absolute atomic E-state index is 0.842. The Balaban J connectivity index is 2.32. The molecule has 2 aromatic rings. The van der Waals surface area contributed by atoms with Crippen LogP contribution in [0.15, 0.2) is 48.5 Å². The first-order valence-corrected chi connectivity index (χ1v) is 7.58. The van der Waals surface area contributed by atoms with Crippen LogP contribution in [0.1, 0.15) is 11.1 Å². The Kier molecular flexibility index (Phi) is 5.26. The van der Waals surface area contributed by atoms with Crippen molar-refractivity contribution in [2.45, 2.75) is 0 Å². The van der Waals surface area contributed by atoms with Gasteiger partial charge in [-0.3, -0.25) is 0 Å². The molecule has 0 aliphatic carbocycles. The summed E-state index contributed by atoms with van der Waals surface area (Å²) in [6, 6.07) is 15.8. The molecule has 0 bridgehead atoms. The summed E-state index contributed by atoms with van der Waals surface area (Å²) in [4.78, 5) is 0. The third-order valence-corrected chi connectivity index (χ3v) is 5.12. The number of rotatable bonds is 4. The molecule has 0 aliphatic rings. The van der Waals surface area contributed by atoms with E-state index in [9.17, 15) is 0 Å². The topological polar surface area (TPSA) is 18.5 Å². The molecule has 104 valence electrons. The average Bonchev–Trinajstić information content (AvgIpc) is 2.53. The molecule has 0 radical (unpaired) electrons. The Morgan fingerprint density at radius 2 is 0.950 bits per heavy atom. The lowest BCUT2D eigenvalue weighted by Crippen LogP contribution is -1.86. The van der Waals surface area contributed by atoms with Gasteiger partial charge in [0.1, 0.15) is 11.5 Å². The molecule has 0 heterocycles. The number of halogens is 2. The first kappa shape index (κ1) is 15.1. The van der Waals surface area contributed by atoms with Crippen LogP contribution >= 0.6 is 31.9 Å². The van der Waals surface area contributed by atoms with Crippen molar-refractivity contribution in [1.82, 2.24) is 0 Å². The molecule has 0 spiro atoms. The van der Waals surface area contributed by atoms with Gasteiger partial charge in [-0.15, -0.1) is 0 Å². The highest BCUT2D eigenvalue weighted by Crippen LogP contribution is 2.36.